The first-order valence-electron chi connectivity index (χ1n) is 7.31. The SMILES string of the molecule is CC(NC1CN2CCC1CC2)C1CCCC1. The minimum absolute atomic E-state index is 0.757. The van der Waals surface area contributed by atoms with Crippen molar-refractivity contribution < 1.29 is 0 Å². The lowest BCUT2D eigenvalue weighted by atomic mass is 9.83. The lowest BCUT2D eigenvalue weighted by Crippen LogP contribution is -2.58. The summed E-state index contributed by atoms with van der Waals surface area (Å²) < 4.78 is 0. The van der Waals surface area contributed by atoms with Crippen molar-refractivity contribution >= 4 is 0 Å². The maximum absolute atomic E-state index is 3.95. The van der Waals surface area contributed by atoms with Gasteiger partial charge in [-0.3, -0.25) is 0 Å². The summed E-state index contributed by atoms with van der Waals surface area (Å²) in [5.41, 5.74) is 0. The van der Waals surface area contributed by atoms with E-state index in [-0.39, 0.29) is 0 Å². The van der Waals surface area contributed by atoms with Crippen LogP contribution in [0.3, 0.4) is 0 Å². The predicted octanol–water partition coefficient (Wildman–Crippen LogP) is 2.25. The van der Waals surface area contributed by atoms with Crippen LogP contribution >= 0.6 is 0 Å². The van der Waals surface area contributed by atoms with Crippen LogP contribution in [-0.4, -0.2) is 36.6 Å². The molecular weight excluding hydrogens is 196 g/mol. The Morgan fingerprint density at radius 2 is 1.75 bits per heavy atom. The molecule has 4 fully saturated rings. The molecule has 0 amide bonds. The topological polar surface area (TPSA) is 15.3 Å². The van der Waals surface area contributed by atoms with Gasteiger partial charge >= 0.3 is 0 Å². The van der Waals surface area contributed by atoms with Crippen LogP contribution < -0.4 is 5.32 Å². The van der Waals surface area contributed by atoms with Crippen LogP contribution in [0.4, 0.5) is 0 Å². The minimum Gasteiger partial charge on any atom is -0.310 e. The number of fused-ring (bicyclic) bond motifs is 3. The Kier molecular flexibility index (Phi) is 3.21. The summed E-state index contributed by atoms with van der Waals surface area (Å²) in [5, 5.41) is 3.95. The maximum Gasteiger partial charge on any atom is 0.0226 e. The van der Waals surface area contributed by atoms with Gasteiger partial charge in [0.25, 0.3) is 0 Å². The van der Waals surface area contributed by atoms with Crippen molar-refractivity contribution in [2.24, 2.45) is 11.8 Å². The second-order valence-electron chi connectivity index (χ2n) is 6.24. The van der Waals surface area contributed by atoms with E-state index in [2.05, 4.69) is 17.1 Å². The van der Waals surface area contributed by atoms with E-state index in [4.69, 9.17) is 0 Å². The van der Waals surface area contributed by atoms with Crippen LogP contribution in [0.1, 0.15) is 45.4 Å². The Morgan fingerprint density at radius 3 is 2.31 bits per heavy atom. The highest BCUT2D eigenvalue weighted by Crippen LogP contribution is 2.31. The molecule has 2 heteroatoms. The van der Waals surface area contributed by atoms with Crippen LogP contribution in [0.2, 0.25) is 0 Å². The van der Waals surface area contributed by atoms with Crippen molar-refractivity contribution in [2.75, 3.05) is 19.6 Å². The molecule has 1 saturated carbocycles. The van der Waals surface area contributed by atoms with E-state index in [0.29, 0.717) is 0 Å². The van der Waals surface area contributed by atoms with Gasteiger partial charge < -0.3 is 10.2 Å². The van der Waals surface area contributed by atoms with E-state index >= 15 is 0 Å². The van der Waals surface area contributed by atoms with Crippen LogP contribution in [0, 0.1) is 11.8 Å². The Bertz CT molecular complexity index is 227. The fraction of sp³-hybridized carbons (Fsp3) is 1.00. The third kappa shape index (κ3) is 2.14. The zero-order valence-electron chi connectivity index (χ0n) is 10.6. The zero-order valence-corrected chi connectivity index (χ0v) is 10.6. The van der Waals surface area contributed by atoms with E-state index in [1.165, 1.54) is 58.2 Å². The molecule has 0 aromatic carbocycles. The highest BCUT2D eigenvalue weighted by molar-refractivity contribution is 4.93. The molecule has 2 atom stereocenters. The Balaban J connectivity index is 1.53. The van der Waals surface area contributed by atoms with E-state index < -0.39 is 0 Å². The van der Waals surface area contributed by atoms with Gasteiger partial charge in [0, 0.05) is 18.6 Å². The molecule has 0 radical (unpaired) electrons. The Hall–Kier alpha value is -0.0800. The summed E-state index contributed by atoms with van der Waals surface area (Å²) in [6.07, 6.45) is 8.75. The van der Waals surface area contributed by atoms with Crippen molar-refractivity contribution in [3.63, 3.8) is 0 Å². The molecule has 4 rings (SSSR count). The lowest BCUT2D eigenvalue weighted by molar-refractivity contribution is 0.0640. The van der Waals surface area contributed by atoms with Crippen LogP contribution in [0.15, 0.2) is 0 Å². The number of piperidine rings is 3. The molecule has 2 nitrogen and oxygen atoms in total. The lowest BCUT2D eigenvalue weighted by Gasteiger charge is -2.46. The van der Waals surface area contributed by atoms with Crippen molar-refractivity contribution in [2.45, 2.75) is 57.5 Å². The van der Waals surface area contributed by atoms with E-state index in [9.17, 15) is 0 Å². The normalized spacial score (nSPS) is 41.4. The zero-order chi connectivity index (χ0) is 11.0. The molecule has 16 heavy (non-hydrogen) atoms. The summed E-state index contributed by atoms with van der Waals surface area (Å²) in [5.74, 6) is 1.95. The standard InChI is InChI=1S/C14H26N2/c1-11(12-4-2-3-5-12)15-14-10-16-8-6-13(14)7-9-16/h11-15H,2-10H2,1H3. The Labute approximate surface area is 99.8 Å². The van der Waals surface area contributed by atoms with Gasteiger partial charge in [-0.25, -0.2) is 0 Å². The largest absolute Gasteiger partial charge is 0.310 e. The number of nitrogens with one attached hydrogen (secondary N) is 1. The summed E-state index contributed by atoms with van der Waals surface area (Å²) in [6, 6.07) is 1.56. The number of hydrogen-bond acceptors (Lipinski definition) is 2. The van der Waals surface area contributed by atoms with E-state index in [0.717, 1.165) is 23.9 Å². The molecule has 0 aromatic heterocycles. The quantitative estimate of drug-likeness (QED) is 0.788. The van der Waals surface area contributed by atoms with E-state index in [1.807, 2.05) is 0 Å². The van der Waals surface area contributed by atoms with Crippen molar-refractivity contribution in [1.82, 2.24) is 10.2 Å². The molecule has 3 heterocycles. The van der Waals surface area contributed by atoms with Gasteiger partial charge in [0.1, 0.15) is 0 Å². The molecule has 4 aliphatic rings. The Morgan fingerprint density at radius 1 is 1.06 bits per heavy atom. The summed E-state index contributed by atoms with van der Waals surface area (Å²) in [6.45, 7) is 6.47. The molecule has 3 saturated heterocycles. The van der Waals surface area contributed by atoms with Crippen molar-refractivity contribution in [1.29, 1.82) is 0 Å². The van der Waals surface area contributed by atoms with Crippen molar-refractivity contribution in [3.05, 3.63) is 0 Å². The average molecular weight is 222 g/mol. The van der Waals surface area contributed by atoms with Gasteiger partial charge in [-0.2, -0.15) is 0 Å². The number of rotatable bonds is 3. The van der Waals surface area contributed by atoms with Gasteiger partial charge in [0.15, 0.2) is 0 Å². The smallest absolute Gasteiger partial charge is 0.0226 e. The fourth-order valence-electron chi connectivity index (χ4n) is 4.09. The van der Waals surface area contributed by atoms with Gasteiger partial charge in [-0.15, -0.1) is 0 Å². The highest BCUT2D eigenvalue weighted by atomic mass is 15.2. The number of nitrogens with zero attached hydrogens (tertiary/aromatic N) is 1. The average Bonchev–Trinajstić information content (AvgIpc) is 2.84. The third-order valence-electron chi connectivity index (χ3n) is 5.24. The second-order valence-corrected chi connectivity index (χ2v) is 6.24. The first kappa shape index (κ1) is 11.0. The van der Waals surface area contributed by atoms with Crippen LogP contribution in [0.5, 0.6) is 0 Å². The first-order chi connectivity index (χ1) is 7.83. The third-order valence-corrected chi connectivity index (χ3v) is 5.24. The summed E-state index contributed by atoms with van der Waals surface area (Å²) in [4.78, 5) is 2.65. The predicted molar refractivity (Wildman–Crippen MR) is 67.5 cm³/mol. The van der Waals surface area contributed by atoms with Crippen LogP contribution in [-0.2, 0) is 0 Å². The molecule has 0 aromatic rings. The molecule has 1 N–H and O–H groups in total. The fourth-order valence-corrected chi connectivity index (χ4v) is 4.09. The maximum atomic E-state index is 3.95. The van der Waals surface area contributed by atoms with Gasteiger partial charge in [-0.1, -0.05) is 12.8 Å². The second kappa shape index (κ2) is 4.66. The molecule has 2 bridgehead atoms. The highest BCUT2D eigenvalue weighted by Gasteiger charge is 2.35. The molecule has 92 valence electrons. The van der Waals surface area contributed by atoms with Gasteiger partial charge in [0.2, 0.25) is 0 Å². The first-order valence-corrected chi connectivity index (χ1v) is 7.31. The van der Waals surface area contributed by atoms with Crippen molar-refractivity contribution in [3.8, 4) is 0 Å². The summed E-state index contributed by atoms with van der Waals surface area (Å²) >= 11 is 0. The minimum atomic E-state index is 0.757. The van der Waals surface area contributed by atoms with Gasteiger partial charge in [0.05, 0.1) is 0 Å². The molecule has 1 aliphatic carbocycles. The van der Waals surface area contributed by atoms with E-state index in [1.54, 1.807) is 0 Å². The van der Waals surface area contributed by atoms with Gasteiger partial charge in [-0.05, 0) is 57.5 Å². The van der Waals surface area contributed by atoms with Crippen LogP contribution in [0.25, 0.3) is 0 Å². The molecule has 0 spiro atoms. The summed E-state index contributed by atoms with van der Waals surface area (Å²) in [7, 11) is 0. The monoisotopic (exact) mass is 222 g/mol. The molecule has 2 unspecified atom stereocenters. The molecule has 3 aliphatic heterocycles. The number of hydrogen-bond donors (Lipinski definition) is 1. The molecular formula is C14H26N2.